The van der Waals surface area contributed by atoms with Crippen molar-refractivity contribution < 1.29 is 9.59 Å². The zero-order valence-corrected chi connectivity index (χ0v) is 7.58. The molecule has 2 amide bonds. The molecule has 0 aromatic heterocycles. The van der Waals surface area contributed by atoms with Gasteiger partial charge in [0.1, 0.15) is 6.42 Å². The first kappa shape index (κ1) is 9.77. The van der Waals surface area contributed by atoms with Crippen LogP contribution in [-0.4, -0.2) is 29.8 Å². The Morgan fingerprint density at radius 3 is 2.77 bits per heavy atom. The van der Waals surface area contributed by atoms with Crippen LogP contribution in [0.25, 0.3) is 0 Å². The summed E-state index contributed by atoms with van der Waals surface area (Å²) < 4.78 is 0. The van der Waals surface area contributed by atoms with Crippen molar-refractivity contribution in [3.05, 3.63) is 12.2 Å². The van der Waals surface area contributed by atoms with Crippen molar-refractivity contribution in [3.8, 4) is 0 Å². The second-order valence-electron chi connectivity index (χ2n) is 3.31. The summed E-state index contributed by atoms with van der Waals surface area (Å²) in [5, 5.41) is 0. The molecule has 0 aliphatic carbocycles. The molecule has 0 atom stereocenters. The monoisotopic (exact) mass is 182 g/mol. The SMILES string of the molecule is C=C1CCCN(C(=O)CC(N)=O)C1. The number of likely N-dealkylation sites (tertiary alicyclic amines) is 1. The molecule has 1 rings (SSSR count). The lowest BCUT2D eigenvalue weighted by molar-refractivity contribution is -0.135. The van der Waals surface area contributed by atoms with Gasteiger partial charge in [0, 0.05) is 13.1 Å². The second kappa shape index (κ2) is 4.07. The van der Waals surface area contributed by atoms with E-state index < -0.39 is 5.91 Å². The van der Waals surface area contributed by atoms with Gasteiger partial charge in [-0.3, -0.25) is 9.59 Å². The van der Waals surface area contributed by atoms with Crippen LogP contribution in [0.4, 0.5) is 0 Å². The summed E-state index contributed by atoms with van der Waals surface area (Å²) in [7, 11) is 0. The van der Waals surface area contributed by atoms with Crippen LogP contribution in [0.1, 0.15) is 19.3 Å². The van der Waals surface area contributed by atoms with Gasteiger partial charge in [-0.25, -0.2) is 0 Å². The van der Waals surface area contributed by atoms with E-state index in [0.29, 0.717) is 13.1 Å². The third-order valence-electron chi connectivity index (χ3n) is 2.05. The van der Waals surface area contributed by atoms with E-state index >= 15 is 0 Å². The molecule has 0 spiro atoms. The van der Waals surface area contributed by atoms with Gasteiger partial charge in [0.2, 0.25) is 11.8 Å². The standard InChI is InChI=1S/C9H14N2O2/c1-7-3-2-4-11(6-7)9(13)5-8(10)12/h1-6H2,(H2,10,12). The van der Waals surface area contributed by atoms with Crippen LogP contribution in [0, 0.1) is 0 Å². The van der Waals surface area contributed by atoms with Gasteiger partial charge in [-0.05, 0) is 12.8 Å². The fraction of sp³-hybridized carbons (Fsp3) is 0.556. The molecule has 1 heterocycles. The van der Waals surface area contributed by atoms with E-state index in [-0.39, 0.29) is 12.3 Å². The number of rotatable bonds is 2. The van der Waals surface area contributed by atoms with Crippen molar-refractivity contribution in [3.63, 3.8) is 0 Å². The van der Waals surface area contributed by atoms with Crippen LogP contribution in [0.15, 0.2) is 12.2 Å². The van der Waals surface area contributed by atoms with Gasteiger partial charge in [0.05, 0.1) is 0 Å². The molecular weight excluding hydrogens is 168 g/mol. The lowest BCUT2D eigenvalue weighted by Gasteiger charge is -2.27. The van der Waals surface area contributed by atoms with Crippen molar-refractivity contribution in [2.24, 2.45) is 5.73 Å². The number of carbonyl (C=O) groups is 2. The number of nitrogens with two attached hydrogens (primary N) is 1. The highest BCUT2D eigenvalue weighted by Gasteiger charge is 2.19. The first-order valence-corrected chi connectivity index (χ1v) is 4.32. The first-order valence-electron chi connectivity index (χ1n) is 4.32. The fourth-order valence-electron chi connectivity index (χ4n) is 1.42. The van der Waals surface area contributed by atoms with Crippen molar-refractivity contribution in [2.75, 3.05) is 13.1 Å². The maximum absolute atomic E-state index is 11.3. The number of amides is 2. The Balaban J connectivity index is 2.46. The number of primary amides is 1. The highest BCUT2D eigenvalue weighted by Crippen LogP contribution is 2.13. The molecule has 1 aliphatic heterocycles. The minimum atomic E-state index is -0.568. The third kappa shape index (κ3) is 2.89. The molecule has 0 aromatic carbocycles. The van der Waals surface area contributed by atoms with Crippen LogP contribution < -0.4 is 5.73 Å². The molecule has 0 aromatic rings. The van der Waals surface area contributed by atoms with Crippen molar-refractivity contribution in [1.82, 2.24) is 4.90 Å². The summed E-state index contributed by atoms with van der Waals surface area (Å²) >= 11 is 0. The minimum Gasteiger partial charge on any atom is -0.369 e. The molecule has 1 aliphatic rings. The lowest BCUT2D eigenvalue weighted by atomic mass is 10.1. The fourth-order valence-corrected chi connectivity index (χ4v) is 1.42. The molecule has 4 heteroatoms. The topological polar surface area (TPSA) is 63.4 Å². The summed E-state index contributed by atoms with van der Waals surface area (Å²) in [6.07, 6.45) is 1.72. The Labute approximate surface area is 77.4 Å². The van der Waals surface area contributed by atoms with Gasteiger partial charge >= 0.3 is 0 Å². The smallest absolute Gasteiger partial charge is 0.232 e. The average molecular weight is 182 g/mol. The molecule has 13 heavy (non-hydrogen) atoms. The number of piperidine rings is 1. The van der Waals surface area contributed by atoms with Crippen molar-refractivity contribution in [1.29, 1.82) is 0 Å². The van der Waals surface area contributed by atoms with Gasteiger partial charge in [-0.15, -0.1) is 0 Å². The van der Waals surface area contributed by atoms with Crippen LogP contribution in [0.3, 0.4) is 0 Å². The Bertz CT molecular complexity index is 248. The summed E-state index contributed by atoms with van der Waals surface area (Å²) in [5.41, 5.74) is 5.97. The molecule has 2 N–H and O–H groups in total. The van der Waals surface area contributed by atoms with E-state index in [0.717, 1.165) is 18.4 Å². The van der Waals surface area contributed by atoms with E-state index in [2.05, 4.69) is 6.58 Å². The third-order valence-corrected chi connectivity index (χ3v) is 2.05. The first-order chi connectivity index (χ1) is 6.09. The van der Waals surface area contributed by atoms with Crippen LogP contribution in [-0.2, 0) is 9.59 Å². The van der Waals surface area contributed by atoms with E-state index in [1.807, 2.05) is 0 Å². The molecule has 0 saturated carbocycles. The van der Waals surface area contributed by atoms with Gasteiger partial charge < -0.3 is 10.6 Å². The number of nitrogens with zero attached hydrogens (tertiary/aromatic N) is 1. The van der Waals surface area contributed by atoms with Crippen molar-refractivity contribution >= 4 is 11.8 Å². The Kier molecular flexibility index (Phi) is 3.06. The molecule has 0 bridgehead atoms. The van der Waals surface area contributed by atoms with Crippen LogP contribution >= 0.6 is 0 Å². The molecule has 0 unspecified atom stereocenters. The Morgan fingerprint density at radius 2 is 2.23 bits per heavy atom. The average Bonchev–Trinajstić information content (AvgIpc) is 2.03. The summed E-state index contributed by atoms with van der Waals surface area (Å²) in [4.78, 5) is 23.5. The van der Waals surface area contributed by atoms with Crippen LogP contribution in [0.2, 0.25) is 0 Å². The quantitative estimate of drug-likeness (QED) is 0.484. The van der Waals surface area contributed by atoms with E-state index in [9.17, 15) is 9.59 Å². The minimum absolute atomic E-state index is 0.187. The van der Waals surface area contributed by atoms with E-state index in [1.165, 1.54) is 0 Å². The maximum Gasteiger partial charge on any atom is 0.232 e. The Morgan fingerprint density at radius 1 is 1.54 bits per heavy atom. The Hall–Kier alpha value is -1.32. The van der Waals surface area contributed by atoms with E-state index in [4.69, 9.17) is 5.73 Å². The zero-order valence-electron chi connectivity index (χ0n) is 7.58. The van der Waals surface area contributed by atoms with Gasteiger partial charge in [-0.2, -0.15) is 0 Å². The second-order valence-corrected chi connectivity index (χ2v) is 3.31. The largest absolute Gasteiger partial charge is 0.369 e. The predicted molar refractivity (Wildman–Crippen MR) is 48.8 cm³/mol. The molecule has 1 fully saturated rings. The molecular formula is C9H14N2O2. The van der Waals surface area contributed by atoms with Gasteiger partial charge in [0.15, 0.2) is 0 Å². The van der Waals surface area contributed by atoms with Crippen molar-refractivity contribution in [2.45, 2.75) is 19.3 Å². The van der Waals surface area contributed by atoms with Gasteiger partial charge in [0.25, 0.3) is 0 Å². The maximum atomic E-state index is 11.3. The normalized spacial score (nSPS) is 17.2. The highest BCUT2D eigenvalue weighted by atomic mass is 16.2. The summed E-state index contributed by atoms with van der Waals surface area (Å²) in [6, 6.07) is 0. The molecule has 4 nitrogen and oxygen atoms in total. The number of hydrogen-bond acceptors (Lipinski definition) is 2. The van der Waals surface area contributed by atoms with E-state index in [1.54, 1.807) is 4.90 Å². The number of hydrogen-bond donors (Lipinski definition) is 1. The summed E-state index contributed by atoms with van der Waals surface area (Å²) in [5.74, 6) is -0.755. The molecule has 72 valence electrons. The molecule has 1 saturated heterocycles. The zero-order chi connectivity index (χ0) is 9.84. The number of carbonyl (C=O) groups excluding carboxylic acids is 2. The van der Waals surface area contributed by atoms with Crippen LogP contribution in [0.5, 0.6) is 0 Å². The highest BCUT2D eigenvalue weighted by molar-refractivity contribution is 5.96. The predicted octanol–water partition coefficient (Wildman–Crippen LogP) is 0.0404. The van der Waals surface area contributed by atoms with Gasteiger partial charge in [-0.1, -0.05) is 12.2 Å². The summed E-state index contributed by atoms with van der Waals surface area (Å²) in [6.45, 7) is 5.10. The lowest BCUT2D eigenvalue weighted by Crippen LogP contribution is -2.38. The molecule has 0 radical (unpaired) electrons.